The smallest absolute Gasteiger partial charge is 0.257 e. The van der Waals surface area contributed by atoms with E-state index in [1.165, 1.54) is 0 Å². The number of nitrogens with one attached hydrogen (secondary N) is 1. The molecule has 1 aliphatic heterocycles. The second kappa shape index (κ2) is 7.27. The third-order valence-electron chi connectivity index (χ3n) is 4.16. The zero-order valence-corrected chi connectivity index (χ0v) is 13.3. The lowest BCUT2D eigenvalue weighted by Gasteiger charge is -2.16. The molecule has 1 saturated heterocycles. The van der Waals surface area contributed by atoms with Crippen LogP contribution in [-0.2, 0) is 4.79 Å². The number of benzene rings is 2. The van der Waals surface area contributed by atoms with E-state index in [1.807, 2.05) is 11.0 Å². The first-order valence-electron chi connectivity index (χ1n) is 8.08. The lowest BCUT2D eigenvalue weighted by atomic mass is 10.1. The minimum Gasteiger partial charge on any atom is -0.378 e. The van der Waals surface area contributed by atoms with E-state index >= 15 is 0 Å². The molecule has 2 aromatic carbocycles. The molecule has 5 nitrogen and oxygen atoms in total. The van der Waals surface area contributed by atoms with Crippen molar-refractivity contribution in [1.29, 1.82) is 0 Å². The summed E-state index contributed by atoms with van der Waals surface area (Å²) in [6.07, 6.45) is 0.881. The maximum atomic E-state index is 12.3. The quantitative estimate of drug-likeness (QED) is 0.908. The van der Waals surface area contributed by atoms with E-state index in [4.69, 9.17) is 0 Å². The van der Waals surface area contributed by atoms with Gasteiger partial charge in [-0.2, -0.15) is 0 Å². The van der Waals surface area contributed by atoms with E-state index in [2.05, 4.69) is 5.32 Å². The Balaban J connectivity index is 1.63. The molecule has 0 spiro atoms. The second-order valence-electron chi connectivity index (χ2n) is 5.88. The highest BCUT2D eigenvalue weighted by Gasteiger charge is 2.20. The number of nitrogens with zero attached hydrogens (tertiary/aromatic N) is 1. The van der Waals surface area contributed by atoms with E-state index in [-0.39, 0.29) is 5.91 Å². The van der Waals surface area contributed by atoms with Crippen LogP contribution in [0.1, 0.15) is 34.9 Å². The van der Waals surface area contributed by atoms with Gasteiger partial charge < -0.3 is 15.3 Å². The molecule has 0 bridgehead atoms. The molecule has 1 heterocycles. The fourth-order valence-corrected chi connectivity index (χ4v) is 2.80. The molecule has 124 valence electrons. The Morgan fingerprint density at radius 3 is 2.21 bits per heavy atom. The molecule has 1 fully saturated rings. The van der Waals surface area contributed by atoms with Gasteiger partial charge in [-0.3, -0.25) is 9.59 Å². The van der Waals surface area contributed by atoms with Gasteiger partial charge in [0.2, 0.25) is 0 Å². The molecule has 0 saturated carbocycles. The fraction of sp³-hybridized carbons (Fsp3) is 0.263. The Labute approximate surface area is 140 Å². The highest BCUT2D eigenvalue weighted by atomic mass is 16.3. The third-order valence-corrected chi connectivity index (χ3v) is 4.16. The minimum absolute atomic E-state index is 0.0229. The average Bonchev–Trinajstić information content (AvgIpc) is 3.16. The van der Waals surface area contributed by atoms with E-state index < -0.39 is 12.0 Å². The van der Waals surface area contributed by atoms with Crippen molar-refractivity contribution >= 4 is 17.5 Å². The number of aliphatic hydroxyl groups is 1. The SMILES string of the molecule is O=C(Nc1ccc(C(=O)N2CCCC2)cc1)C(O)c1ccccc1. The third kappa shape index (κ3) is 3.63. The predicted octanol–water partition coefficient (Wildman–Crippen LogP) is 2.59. The molecular formula is C19H20N2O3. The van der Waals surface area contributed by atoms with Crippen molar-refractivity contribution in [2.24, 2.45) is 0 Å². The van der Waals surface area contributed by atoms with Crippen molar-refractivity contribution in [1.82, 2.24) is 4.90 Å². The molecule has 5 heteroatoms. The zero-order chi connectivity index (χ0) is 16.9. The first-order chi connectivity index (χ1) is 11.6. The maximum absolute atomic E-state index is 12.3. The van der Waals surface area contributed by atoms with Crippen molar-refractivity contribution in [3.8, 4) is 0 Å². The van der Waals surface area contributed by atoms with E-state index in [9.17, 15) is 14.7 Å². The number of hydrogen-bond acceptors (Lipinski definition) is 3. The Morgan fingerprint density at radius 2 is 1.58 bits per heavy atom. The van der Waals surface area contributed by atoms with Gasteiger partial charge in [0.15, 0.2) is 6.10 Å². The van der Waals surface area contributed by atoms with E-state index in [0.29, 0.717) is 16.8 Å². The molecule has 0 aromatic heterocycles. The number of anilines is 1. The highest BCUT2D eigenvalue weighted by molar-refractivity contribution is 5.97. The summed E-state index contributed by atoms with van der Waals surface area (Å²) in [6.45, 7) is 1.61. The van der Waals surface area contributed by atoms with Crippen molar-refractivity contribution in [2.75, 3.05) is 18.4 Å². The molecule has 2 aromatic rings. The molecule has 2 amide bonds. The van der Waals surface area contributed by atoms with Gasteiger partial charge in [-0.15, -0.1) is 0 Å². The van der Waals surface area contributed by atoms with Crippen LogP contribution in [-0.4, -0.2) is 34.9 Å². The molecule has 0 radical (unpaired) electrons. The molecule has 2 N–H and O–H groups in total. The van der Waals surface area contributed by atoms with Gasteiger partial charge in [-0.1, -0.05) is 30.3 Å². The van der Waals surface area contributed by atoms with Crippen molar-refractivity contribution < 1.29 is 14.7 Å². The summed E-state index contributed by atoms with van der Waals surface area (Å²) in [7, 11) is 0. The Kier molecular flexibility index (Phi) is 4.91. The van der Waals surface area contributed by atoms with Crippen LogP contribution in [0.25, 0.3) is 0 Å². The van der Waals surface area contributed by atoms with Crippen molar-refractivity contribution in [2.45, 2.75) is 18.9 Å². The highest BCUT2D eigenvalue weighted by Crippen LogP contribution is 2.18. The number of carbonyl (C=O) groups is 2. The number of aliphatic hydroxyl groups excluding tert-OH is 1. The Morgan fingerprint density at radius 1 is 0.958 bits per heavy atom. The topological polar surface area (TPSA) is 69.6 Å². The van der Waals surface area contributed by atoms with Gasteiger partial charge >= 0.3 is 0 Å². The molecule has 1 aliphatic rings. The first kappa shape index (κ1) is 16.2. The van der Waals surface area contributed by atoms with Crippen LogP contribution >= 0.6 is 0 Å². The van der Waals surface area contributed by atoms with Crippen molar-refractivity contribution in [3.05, 3.63) is 65.7 Å². The summed E-state index contributed by atoms with van der Waals surface area (Å²) in [4.78, 5) is 26.2. The monoisotopic (exact) mass is 324 g/mol. The lowest BCUT2D eigenvalue weighted by molar-refractivity contribution is -0.124. The maximum Gasteiger partial charge on any atom is 0.257 e. The molecule has 1 unspecified atom stereocenters. The van der Waals surface area contributed by atoms with Crippen LogP contribution in [0.3, 0.4) is 0 Å². The van der Waals surface area contributed by atoms with Gasteiger partial charge in [0.1, 0.15) is 0 Å². The van der Waals surface area contributed by atoms with Gasteiger partial charge in [0.05, 0.1) is 0 Å². The Hall–Kier alpha value is -2.66. The summed E-state index contributed by atoms with van der Waals surface area (Å²) in [5.74, 6) is -0.477. The summed E-state index contributed by atoms with van der Waals surface area (Å²) >= 11 is 0. The summed E-state index contributed by atoms with van der Waals surface area (Å²) in [5, 5.41) is 12.7. The normalized spacial score (nSPS) is 15.1. The molecule has 1 atom stereocenters. The zero-order valence-electron chi connectivity index (χ0n) is 13.3. The molecule has 3 rings (SSSR count). The molecule has 24 heavy (non-hydrogen) atoms. The van der Waals surface area contributed by atoms with E-state index in [0.717, 1.165) is 25.9 Å². The number of hydrogen-bond donors (Lipinski definition) is 2. The van der Waals surface area contributed by atoms with Crippen LogP contribution < -0.4 is 5.32 Å². The fourth-order valence-electron chi connectivity index (χ4n) is 2.80. The standard InChI is InChI=1S/C19H20N2O3/c22-17(14-6-2-1-3-7-14)18(23)20-16-10-8-15(9-11-16)19(24)21-12-4-5-13-21/h1-3,6-11,17,22H,4-5,12-13H2,(H,20,23). The van der Waals surface area contributed by atoms with Gasteiger partial charge in [-0.25, -0.2) is 0 Å². The van der Waals surface area contributed by atoms with Crippen LogP contribution in [0.5, 0.6) is 0 Å². The predicted molar refractivity (Wildman–Crippen MR) is 91.6 cm³/mol. The van der Waals surface area contributed by atoms with Gasteiger partial charge in [0, 0.05) is 24.3 Å². The van der Waals surface area contributed by atoms with Crippen LogP contribution in [0, 0.1) is 0 Å². The second-order valence-corrected chi connectivity index (χ2v) is 5.88. The largest absolute Gasteiger partial charge is 0.378 e. The van der Waals surface area contributed by atoms with Crippen LogP contribution in [0.15, 0.2) is 54.6 Å². The minimum atomic E-state index is -1.22. The number of likely N-dealkylation sites (tertiary alicyclic amines) is 1. The summed E-state index contributed by atoms with van der Waals surface area (Å²) in [6, 6.07) is 15.5. The Bertz CT molecular complexity index is 707. The summed E-state index contributed by atoms with van der Waals surface area (Å²) in [5.41, 5.74) is 1.70. The van der Waals surface area contributed by atoms with Crippen molar-refractivity contribution in [3.63, 3.8) is 0 Å². The summed E-state index contributed by atoms with van der Waals surface area (Å²) < 4.78 is 0. The molecular weight excluding hydrogens is 304 g/mol. The lowest BCUT2D eigenvalue weighted by Crippen LogP contribution is -2.27. The molecule has 0 aliphatic carbocycles. The van der Waals surface area contributed by atoms with Crippen LogP contribution in [0.4, 0.5) is 5.69 Å². The number of amides is 2. The van der Waals surface area contributed by atoms with Crippen LogP contribution in [0.2, 0.25) is 0 Å². The number of rotatable bonds is 4. The first-order valence-corrected chi connectivity index (χ1v) is 8.08. The average molecular weight is 324 g/mol. The number of carbonyl (C=O) groups excluding carboxylic acids is 2. The van der Waals surface area contributed by atoms with E-state index in [1.54, 1.807) is 48.5 Å². The van der Waals surface area contributed by atoms with Gasteiger partial charge in [-0.05, 0) is 42.7 Å². The van der Waals surface area contributed by atoms with Gasteiger partial charge in [0.25, 0.3) is 11.8 Å².